The summed E-state index contributed by atoms with van der Waals surface area (Å²) in [6, 6.07) is 16.0. The largest absolute Gasteiger partial charge is 0.367 e. The van der Waals surface area contributed by atoms with E-state index >= 15 is 0 Å². The van der Waals surface area contributed by atoms with E-state index in [4.69, 9.17) is 9.68 Å². The molecule has 2 atom stereocenters. The molecule has 0 bridgehead atoms. The van der Waals surface area contributed by atoms with E-state index < -0.39 is 24.0 Å². The highest BCUT2D eigenvalue weighted by molar-refractivity contribution is 6.18. The van der Waals surface area contributed by atoms with Crippen molar-refractivity contribution in [1.29, 1.82) is 0 Å². The van der Waals surface area contributed by atoms with Crippen LogP contribution in [-0.2, 0) is 19.3 Å². The van der Waals surface area contributed by atoms with Crippen molar-refractivity contribution in [2.24, 2.45) is 20.5 Å². The molecule has 8 heteroatoms. The highest BCUT2D eigenvalue weighted by Crippen LogP contribution is 2.19. The summed E-state index contributed by atoms with van der Waals surface area (Å²) < 4.78 is 0. The van der Waals surface area contributed by atoms with Gasteiger partial charge >= 0.3 is 11.9 Å². The molecule has 0 N–H and O–H groups in total. The SMILES string of the molecule is O=C1ON=C(c2ccccc2)C1N=NC1C(=O)ON=C1c1ccccc1. The van der Waals surface area contributed by atoms with Crippen LogP contribution in [0.1, 0.15) is 11.1 Å². The predicted octanol–water partition coefficient (Wildman–Crippen LogP) is 2.10. The first kappa shape index (κ1) is 15.8. The van der Waals surface area contributed by atoms with Gasteiger partial charge in [-0.15, -0.1) is 0 Å². The zero-order valence-electron chi connectivity index (χ0n) is 13.4. The van der Waals surface area contributed by atoms with Gasteiger partial charge in [-0.2, -0.15) is 10.2 Å². The molecular formula is C18H12N4O4. The number of hydrogen-bond donors (Lipinski definition) is 0. The summed E-state index contributed by atoms with van der Waals surface area (Å²) in [6.07, 6.45) is 0. The van der Waals surface area contributed by atoms with E-state index in [9.17, 15) is 9.59 Å². The van der Waals surface area contributed by atoms with Crippen LogP contribution in [0.4, 0.5) is 0 Å². The first-order chi connectivity index (χ1) is 12.7. The zero-order valence-corrected chi connectivity index (χ0v) is 13.4. The van der Waals surface area contributed by atoms with Gasteiger partial charge in [-0.05, 0) is 0 Å². The molecule has 0 radical (unpaired) electrons. The van der Waals surface area contributed by atoms with E-state index in [1.807, 2.05) is 36.4 Å². The monoisotopic (exact) mass is 348 g/mol. The first-order valence-corrected chi connectivity index (χ1v) is 7.82. The second-order valence-corrected chi connectivity index (χ2v) is 5.54. The number of hydrogen-bond acceptors (Lipinski definition) is 8. The number of rotatable bonds is 4. The van der Waals surface area contributed by atoms with E-state index in [1.165, 1.54) is 0 Å². The maximum absolute atomic E-state index is 12.0. The van der Waals surface area contributed by atoms with Crippen molar-refractivity contribution in [1.82, 2.24) is 0 Å². The fourth-order valence-electron chi connectivity index (χ4n) is 2.59. The molecule has 0 aliphatic carbocycles. The van der Waals surface area contributed by atoms with E-state index in [0.717, 1.165) is 0 Å². The van der Waals surface area contributed by atoms with Gasteiger partial charge in [-0.3, -0.25) is 0 Å². The van der Waals surface area contributed by atoms with Crippen molar-refractivity contribution in [2.75, 3.05) is 0 Å². The zero-order chi connectivity index (χ0) is 17.9. The fraction of sp³-hybridized carbons (Fsp3) is 0.111. The lowest BCUT2D eigenvalue weighted by Gasteiger charge is -2.05. The van der Waals surface area contributed by atoms with Gasteiger partial charge in [0, 0.05) is 11.1 Å². The van der Waals surface area contributed by atoms with Crippen LogP contribution in [0.25, 0.3) is 0 Å². The van der Waals surface area contributed by atoms with E-state index in [-0.39, 0.29) is 0 Å². The van der Waals surface area contributed by atoms with Crippen molar-refractivity contribution < 1.29 is 19.3 Å². The van der Waals surface area contributed by atoms with Gasteiger partial charge < -0.3 is 9.68 Å². The van der Waals surface area contributed by atoms with Crippen LogP contribution in [0, 0.1) is 0 Å². The Hall–Kier alpha value is -3.68. The average molecular weight is 348 g/mol. The molecule has 4 rings (SSSR count). The number of benzene rings is 2. The summed E-state index contributed by atoms with van der Waals surface area (Å²) in [4.78, 5) is 33.4. The molecule has 0 spiro atoms. The van der Waals surface area contributed by atoms with E-state index in [1.54, 1.807) is 24.3 Å². The summed E-state index contributed by atoms with van der Waals surface area (Å²) in [5.74, 6) is -1.31. The normalized spacial score (nSPS) is 22.2. The van der Waals surface area contributed by atoms with Crippen molar-refractivity contribution in [3.8, 4) is 0 Å². The first-order valence-electron chi connectivity index (χ1n) is 7.82. The molecule has 128 valence electrons. The van der Waals surface area contributed by atoms with Gasteiger partial charge in [0.2, 0.25) is 12.1 Å². The lowest BCUT2D eigenvalue weighted by molar-refractivity contribution is -0.142. The van der Waals surface area contributed by atoms with E-state index in [0.29, 0.717) is 22.6 Å². The maximum Gasteiger partial charge on any atom is 0.367 e. The molecule has 2 aliphatic rings. The van der Waals surface area contributed by atoms with Gasteiger partial charge in [0.15, 0.2) is 0 Å². The molecule has 2 aromatic rings. The number of azo groups is 1. The van der Waals surface area contributed by atoms with Crippen LogP contribution < -0.4 is 0 Å². The molecule has 2 unspecified atom stereocenters. The van der Waals surface area contributed by atoms with Crippen molar-refractivity contribution in [3.63, 3.8) is 0 Å². The third-order valence-corrected chi connectivity index (χ3v) is 3.87. The minimum atomic E-state index is -1.04. The average Bonchev–Trinajstić information content (AvgIpc) is 3.24. The highest BCUT2D eigenvalue weighted by Gasteiger charge is 2.37. The highest BCUT2D eigenvalue weighted by atomic mass is 16.7. The van der Waals surface area contributed by atoms with Crippen LogP contribution >= 0.6 is 0 Å². The third kappa shape index (κ3) is 2.88. The quantitative estimate of drug-likeness (QED) is 0.623. The van der Waals surface area contributed by atoms with E-state index in [2.05, 4.69) is 20.5 Å². The Morgan fingerprint density at radius 1 is 0.654 bits per heavy atom. The van der Waals surface area contributed by atoms with Gasteiger partial charge in [0.25, 0.3) is 0 Å². The molecule has 0 saturated heterocycles. The smallest absolute Gasteiger partial charge is 0.315 e. The Morgan fingerprint density at radius 3 is 1.42 bits per heavy atom. The van der Waals surface area contributed by atoms with Crippen molar-refractivity contribution in [2.45, 2.75) is 12.1 Å². The molecule has 2 aliphatic heterocycles. The lowest BCUT2D eigenvalue weighted by Crippen LogP contribution is -2.27. The molecule has 0 fully saturated rings. The molecule has 26 heavy (non-hydrogen) atoms. The number of carbonyl (C=O) groups excluding carboxylic acids is 2. The lowest BCUT2D eigenvalue weighted by atomic mass is 10.0. The summed E-state index contributed by atoms with van der Waals surface area (Å²) in [6.45, 7) is 0. The summed E-state index contributed by atoms with van der Waals surface area (Å²) >= 11 is 0. The minimum Gasteiger partial charge on any atom is -0.315 e. The molecule has 0 saturated carbocycles. The second-order valence-electron chi connectivity index (χ2n) is 5.54. The Bertz CT molecular complexity index is 861. The molecule has 8 nitrogen and oxygen atoms in total. The third-order valence-electron chi connectivity index (χ3n) is 3.87. The second kappa shape index (κ2) is 6.67. The maximum atomic E-state index is 12.0. The van der Waals surface area contributed by atoms with Gasteiger partial charge in [-0.25, -0.2) is 9.59 Å². The predicted molar refractivity (Wildman–Crippen MR) is 90.6 cm³/mol. The Labute approximate surface area is 147 Å². The number of oxime groups is 2. The van der Waals surface area contributed by atoms with Crippen LogP contribution in [0.2, 0.25) is 0 Å². The van der Waals surface area contributed by atoms with Gasteiger partial charge in [0.05, 0.1) is 0 Å². The summed E-state index contributed by atoms with van der Waals surface area (Å²) in [5, 5.41) is 15.6. The molecule has 0 amide bonds. The fourth-order valence-corrected chi connectivity index (χ4v) is 2.59. The summed E-state index contributed by atoms with van der Waals surface area (Å²) in [7, 11) is 0. The van der Waals surface area contributed by atoms with Crippen LogP contribution in [-0.4, -0.2) is 35.4 Å². The van der Waals surface area contributed by atoms with Crippen molar-refractivity contribution in [3.05, 3.63) is 71.8 Å². The molecular weight excluding hydrogens is 336 g/mol. The van der Waals surface area contributed by atoms with Gasteiger partial charge in [-0.1, -0.05) is 71.0 Å². The van der Waals surface area contributed by atoms with Crippen LogP contribution in [0.15, 0.2) is 81.2 Å². The number of carbonyl (C=O) groups is 2. The number of nitrogens with zero attached hydrogens (tertiary/aromatic N) is 4. The van der Waals surface area contributed by atoms with Crippen molar-refractivity contribution >= 4 is 23.4 Å². The molecule has 2 aromatic carbocycles. The summed E-state index contributed by atoms with van der Waals surface area (Å²) in [5.41, 5.74) is 2.05. The Balaban J connectivity index is 1.60. The molecule has 2 heterocycles. The minimum absolute atomic E-state index is 0.337. The Kier molecular flexibility index (Phi) is 4.06. The van der Waals surface area contributed by atoms with Crippen LogP contribution in [0.3, 0.4) is 0 Å². The topological polar surface area (TPSA) is 102 Å². The van der Waals surface area contributed by atoms with Crippen LogP contribution in [0.5, 0.6) is 0 Å². The Morgan fingerprint density at radius 2 is 1.04 bits per heavy atom. The molecule has 0 aromatic heterocycles. The van der Waals surface area contributed by atoms with Gasteiger partial charge in [0.1, 0.15) is 11.4 Å². The standard InChI is InChI=1S/C18H12N4O4/c23-17-15(13(21-25-17)11-7-3-1-4-8-11)19-20-16-14(22-26-18(16)24)12-9-5-2-6-10-12/h1-10,15-16H.